The fraction of sp³-hybridized carbons (Fsp3) is 0.375. The van der Waals surface area contributed by atoms with Crippen LogP contribution in [-0.2, 0) is 0 Å². The number of hydrogen-bond acceptors (Lipinski definition) is 5. The summed E-state index contributed by atoms with van der Waals surface area (Å²) in [5, 5.41) is 5.42. The maximum Gasteiger partial charge on any atom is 0.270 e. The molecule has 0 aliphatic rings. The summed E-state index contributed by atoms with van der Waals surface area (Å²) in [5.74, 6) is 0.672. The van der Waals surface area contributed by atoms with Crippen LogP contribution in [0.15, 0.2) is 29.6 Å². The van der Waals surface area contributed by atoms with E-state index in [0.29, 0.717) is 18.8 Å². The minimum absolute atomic E-state index is 0. The van der Waals surface area contributed by atoms with Gasteiger partial charge in [-0.3, -0.25) is 4.79 Å². The molecule has 0 fully saturated rings. The van der Waals surface area contributed by atoms with Crippen LogP contribution in [0.5, 0.6) is 5.75 Å². The molecule has 0 saturated heterocycles. The lowest BCUT2D eigenvalue weighted by atomic mass is 10.2. The second kappa shape index (κ2) is 11.3. The second-order valence-electron chi connectivity index (χ2n) is 5.02. The molecule has 0 spiro atoms. The average molecular weight is 392 g/mol. The average Bonchev–Trinajstić information content (AvgIpc) is 2.98. The first kappa shape index (κ1) is 22.7. The van der Waals surface area contributed by atoms with Gasteiger partial charge in [-0.05, 0) is 44.5 Å². The Morgan fingerprint density at radius 2 is 2.00 bits per heavy atom. The molecule has 3 N–H and O–H groups in total. The van der Waals surface area contributed by atoms with Crippen LogP contribution < -0.4 is 15.8 Å². The molecule has 0 aliphatic heterocycles. The van der Waals surface area contributed by atoms with Crippen LogP contribution in [-0.4, -0.2) is 30.1 Å². The Bertz CT molecular complexity index is 618. The molecule has 0 bridgehead atoms. The third-order valence-electron chi connectivity index (χ3n) is 3.03. The molecular formula is C16H23Cl2N3O2S. The highest BCUT2D eigenvalue weighted by molar-refractivity contribution is 7.13. The minimum atomic E-state index is -0.158. The number of amides is 1. The Morgan fingerprint density at radius 3 is 2.58 bits per heavy atom. The Kier molecular flexibility index (Phi) is 10.6. The predicted molar refractivity (Wildman–Crippen MR) is 104 cm³/mol. The van der Waals surface area contributed by atoms with E-state index in [-0.39, 0.29) is 36.8 Å². The maximum absolute atomic E-state index is 12.0. The van der Waals surface area contributed by atoms with Crippen molar-refractivity contribution in [2.24, 2.45) is 5.73 Å². The van der Waals surface area contributed by atoms with Crippen molar-refractivity contribution in [1.29, 1.82) is 0 Å². The zero-order valence-corrected chi connectivity index (χ0v) is 16.1. The quantitative estimate of drug-likeness (QED) is 0.756. The van der Waals surface area contributed by atoms with Gasteiger partial charge in [-0.2, -0.15) is 0 Å². The van der Waals surface area contributed by atoms with E-state index in [4.69, 9.17) is 10.5 Å². The fourth-order valence-electron chi connectivity index (χ4n) is 1.87. The van der Waals surface area contributed by atoms with Crippen molar-refractivity contribution in [3.63, 3.8) is 0 Å². The molecule has 2 aromatic rings. The fourth-order valence-corrected chi connectivity index (χ4v) is 2.68. The highest BCUT2D eigenvalue weighted by Gasteiger charge is 2.11. The van der Waals surface area contributed by atoms with Crippen LogP contribution in [0.1, 0.15) is 30.8 Å². The van der Waals surface area contributed by atoms with Crippen LogP contribution in [0.4, 0.5) is 0 Å². The number of nitrogens with one attached hydrogen (secondary N) is 1. The lowest BCUT2D eigenvalue weighted by Gasteiger charge is -2.05. The van der Waals surface area contributed by atoms with Gasteiger partial charge < -0.3 is 15.8 Å². The molecule has 1 atom stereocenters. The third-order valence-corrected chi connectivity index (χ3v) is 3.93. The number of aromatic nitrogens is 1. The van der Waals surface area contributed by atoms with Crippen molar-refractivity contribution in [3.8, 4) is 16.3 Å². The van der Waals surface area contributed by atoms with Crippen LogP contribution in [0.3, 0.4) is 0 Å². The molecule has 1 unspecified atom stereocenters. The van der Waals surface area contributed by atoms with Gasteiger partial charge in [-0.1, -0.05) is 0 Å². The molecule has 1 amide bonds. The van der Waals surface area contributed by atoms with Gasteiger partial charge in [-0.15, -0.1) is 36.2 Å². The van der Waals surface area contributed by atoms with Gasteiger partial charge in [0.25, 0.3) is 5.91 Å². The number of benzene rings is 1. The molecule has 134 valence electrons. The van der Waals surface area contributed by atoms with E-state index in [9.17, 15) is 4.79 Å². The van der Waals surface area contributed by atoms with E-state index < -0.39 is 0 Å². The molecular weight excluding hydrogens is 369 g/mol. The van der Waals surface area contributed by atoms with E-state index >= 15 is 0 Å². The number of rotatable bonds is 7. The first-order valence-corrected chi connectivity index (χ1v) is 8.20. The number of ether oxygens (including phenoxy) is 1. The highest BCUT2D eigenvalue weighted by atomic mass is 35.5. The van der Waals surface area contributed by atoms with Gasteiger partial charge in [0.1, 0.15) is 16.5 Å². The zero-order valence-electron chi connectivity index (χ0n) is 13.7. The molecule has 2 rings (SSSR count). The Balaban J connectivity index is 0.00000264. The van der Waals surface area contributed by atoms with Gasteiger partial charge in [0, 0.05) is 23.5 Å². The van der Waals surface area contributed by atoms with Crippen LogP contribution in [0.2, 0.25) is 0 Å². The number of halogens is 2. The number of carbonyl (C=O) groups is 1. The Labute approximate surface area is 158 Å². The molecule has 1 aromatic heterocycles. The predicted octanol–water partition coefficient (Wildman–Crippen LogP) is 3.52. The van der Waals surface area contributed by atoms with E-state index in [1.165, 1.54) is 11.3 Å². The second-order valence-corrected chi connectivity index (χ2v) is 5.88. The van der Waals surface area contributed by atoms with Gasteiger partial charge >= 0.3 is 0 Å². The third kappa shape index (κ3) is 6.65. The number of carbonyl (C=O) groups excluding carboxylic acids is 1. The molecule has 1 aromatic carbocycles. The minimum Gasteiger partial charge on any atom is -0.494 e. The van der Waals surface area contributed by atoms with Crippen molar-refractivity contribution in [2.75, 3.05) is 13.2 Å². The first-order chi connectivity index (χ1) is 10.6. The first-order valence-electron chi connectivity index (χ1n) is 7.32. The molecule has 0 saturated carbocycles. The van der Waals surface area contributed by atoms with Crippen LogP contribution in [0, 0.1) is 0 Å². The van der Waals surface area contributed by atoms with E-state index in [2.05, 4.69) is 10.3 Å². The monoisotopic (exact) mass is 391 g/mol. The summed E-state index contributed by atoms with van der Waals surface area (Å²) in [6.45, 7) is 5.07. The summed E-state index contributed by atoms with van der Waals surface area (Å²) >= 11 is 1.45. The van der Waals surface area contributed by atoms with Crippen molar-refractivity contribution in [3.05, 3.63) is 35.3 Å². The standard InChI is InChI=1S/C16H21N3O2S.2ClH/c1-3-21-13-6-4-12(5-7-13)16-19-14(10-22-16)15(20)18-9-8-11(2)17;;/h4-7,10-11H,3,8-9,17H2,1-2H3,(H,18,20);2*1H. The largest absolute Gasteiger partial charge is 0.494 e. The van der Waals surface area contributed by atoms with Gasteiger partial charge in [0.15, 0.2) is 0 Å². The van der Waals surface area contributed by atoms with Crippen LogP contribution in [0.25, 0.3) is 10.6 Å². The van der Waals surface area contributed by atoms with Gasteiger partial charge in [-0.25, -0.2) is 4.98 Å². The number of nitrogens with zero attached hydrogens (tertiary/aromatic N) is 1. The molecule has 0 radical (unpaired) electrons. The van der Waals surface area contributed by atoms with E-state index in [1.807, 2.05) is 38.1 Å². The van der Waals surface area contributed by atoms with Crippen molar-refractivity contribution in [1.82, 2.24) is 10.3 Å². The van der Waals surface area contributed by atoms with E-state index in [1.54, 1.807) is 5.38 Å². The Hall–Kier alpha value is -1.34. The lowest BCUT2D eigenvalue weighted by Crippen LogP contribution is -2.29. The van der Waals surface area contributed by atoms with Crippen LogP contribution >= 0.6 is 36.2 Å². The topological polar surface area (TPSA) is 77.2 Å². The molecule has 5 nitrogen and oxygen atoms in total. The maximum atomic E-state index is 12.0. The smallest absolute Gasteiger partial charge is 0.270 e. The lowest BCUT2D eigenvalue weighted by molar-refractivity contribution is 0.0948. The SMILES string of the molecule is CCOc1ccc(-c2nc(C(=O)NCCC(C)N)cs2)cc1.Cl.Cl. The summed E-state index contributed by atoms with van der Waals surface area (Å²) in [6, 6.07) is 7.78. The Morgan fingerprint density at radius 1 is 1.33 bits per heavy atom. The summed E-state index contributed by atoms with van der Waals surface area (Å²) in [5.41, 5.74) is 7.07. The summed E-state index contributed by atoms with van der Waals surface area (Å²) < 4.78 is 5.41. The normalized spacial score (nSPS) is 11.0. The number of hydrogen-bond donors (Lipinski definition) is 2. The summed E-state index contributed by atoms with van der Waals surface area (Å²) in [4.78, 5) is 16.4. The van der Waals surface area contributed by atoms with Crippen molar-refractivity contribution in [2.45, 2.75) is 26.3 Å². The molecule has 1 heterocycles. The summed E-state index contributed by atoms with van der Waals surface area (Å²) in [6.07, 6.45) is 0.752. The van der Waals surface area contributed by atoms with Crippen molar-refractivity contribution >= 4 is 42.1 Å². The number of thiazole rings is 1. The van der Waals surface area contributed by atoms with Gasteiger partial charge in [0.2, 0.25) is 0 Å². The van der Waals surface area contributed by atoms with Crippen molar-refractivity contribution < 1.29 is 9.53 Å². The summed E-state index contributed by atoms with van der Waals surface area (Å²) in [7, 11) is 0. The molecule has 0 aliphatic carbocycles. The molecule has 24 heavy (non-hydrogen) atoms. The molecule has 8 heteroatoms. The zero-order chi connectivity index (χ0) is 15.9. The highest BCUT2D eigenvalue weighted by Crippen LogP contribution is 2.25. The van der Waals surface area contributed by atoms with E-state index in [0.717, 1.165) is 22.7 Å². The number of nitrogens with two attached hydrogens (primary N) is 1. The van der Waals surface area contributed by atoms with Gasteiger partial charge in [0.05, 0.1) is 6.61 Å².